The SMILES string of the molecule is O=C(Cc1csc(Cc2cccc(Cl)c2)n1)Nc1cccc(CN2CCOCC2)c1. The molecule has 30 heavy (non-hydrogen) atoms. The predicted octanol–water partition coefficient (Wildman–Crippen LogP) is 4.40. The molecule has 0 atom stereocenters. The Kier molecular flexibility index (Phi) is 7.12. The van der Waals surface area contributed by atoms with E-state index < -0.39 is 0 Å². The summed E-state index contributed by atoms with van der Waals surface area (Å²) in [4.78, 5) is 19.5. The van der Waals surface area contributed by atoms with Gasteiger partial charge in [0.05, 0.1) is 30.3 Å². The number of thiazole rings is 1. The smallest absolute Gasteiger partial charge is 0.230 e. The molecule has 7 heteroatoms. The Bertz CT molecular complexity index is 1000. The third kappa shape index (κ3) is 6.12. The Balaban J connectivity index is 1.31. The van der Waals surface area contributed by atoms with Gasteiger partial charge >= 0.3 is 0 Å². The highest BCUT2D eigenvalue weighted by atomic mass is 35.5. The van der Waals surface area contributed by atoms with Gasteiger partial charge in [-0.2, -0.15) is 0 Å². The topological polar surface area (TPSA) is 54.5 Å². The van der Waals surface area contributed by atoms with E-state index in [1.807, 2.05) is 47.8 Å². The van der Waals surface area contributed by atoms with Gasteiger partial charge in [-0.1, -0.05) is 35.9 Å². The fraction of sp³-hybridized carbons (Fsp3) is 0.304. The van der Waals surface area contributed by atoms with Gasteiger partial charge in [-0.15, -0.1) is 11.3 Å². The Labute approximate surface area is 185 Å². The lowest BCUT2D eigenvalue weighted by molar-refractivity contribution is -0.115. The van der Waals surface area contributed by atoms with Gasteiger partial charge in [0.15, 0.2) is 0 Å². The van der Waals surface area contributed by atoms with Crippen LogP contribution in [0.25, 0.3) is 0 Å². The van der Waals surface area contributed by atoms with Crippen molar-refractivity contribution in [3.05, 3.63) is 80.8 Å². The van der Waals surface area contributed by atoms with Crippen molar-refractivity contribution >= 4 is 34.5 Å². The zero-order chi connectivity index (χ0) is 20.8. The lowest BCUT2D eigenvalue weighted by Crippen LogP contribution is -2.35. The molecule has 0 unspecified atom stereocenters. The highest BCUT2D eigenvalue weighted by molar-refractivity contribution is 7.09. The molecule has 1 aliphatic heterocycles. The van der Waals surface area contributed by atoms with Crippen LogP contribution in [0.3, 0.4) is 0 Å². The van der Waals surface area contributed by atoms with E-state index in [4.69, 9.17) is 16.3 Å². The normalized spacial score (nSPS) is 14.6. The van der Waals surface area contributed by atoms with Crippen molar-refractivity contribution in [2.24, 2.45) is 0 Å². The van der Waals surface area contributed by atoms with Crippen LogP contribution < -0.4 is 5.32 Å². The van der Waals surface area contributed by atoms with E-state index in [-0.39, 0.29) is 12.3 Å². The maximum absolute atomic E-state index is 12.5. The minimum Gasteiger partial charge on any atom is -0.379 e. The fourth-order valence-corrected chi connectivity index (χ4v) is 4.51. The molecule has 1 saturated heterocycles. The Morgan fingerprint density at radius 2 is 1.93 bits per heavy atom. The molecule has 2 heterocycles. The number of nitrogens with one attached hydrogen (secondary N) is 1. The van der Waals surface area contributed by atoms with Crippen LogP contribution >= 0.6 is 22.9 Å². The molecule has 0 bridgehead atoms. The van der Waals surface area contributed by atoms with Gasteiger partial charge in [-0.05, 0) is 35.4 Å². The van der Waals surface area contributed by atoms with E-state index in [2.05, 4.69) is 21.3 Å². The first-order chi connectivity index (χ1) is 14.6. The van der Waals surface area contributed by atoms with Crippen LogP contribution in [0.15, 0.2) is 53.9 Å². The number of ether oxygens (including phenoxy) is 1. The average molecular weight is 442 g/mol. The first-order valence-electron chi connectivity index (χ1n) is 10.0. The molecule has 4 rings (SSSR count). The van der Waals surface area contributed by atoms with E-state index in [1.54, 1.807) is 11.3 Å². The lowest BCUT2D eigenvalue weighted by Gasteiger charge is -2.26. The standard InChI is InChI=1S/C23H24ClN3O2S/c24-19-5-1-3-17(11-19)13-23-26-21(16-30-23)14-22(28)25-20-6-2-4-18(12-20)15-27-7-9-29-10-8-27/h1-6,11-12,16H,7-10,13-15H2,(H,25,28). The fourth-order valence-electron chi connectivity index (χ4n) is 3.47. The van der Waals surface area contributed by atoms with Gasteiger partial charge in [-0.3, -0.25) is 9.69 Å². The largest absolute Gasteiger partial charge is 0.379 e. The molecule has 1 aromatic heterocycles. The molecule has 2 aromatic carbocycles. The van der Waals surface area contributed by atoms with E-state index in [0.717, 1.165) is 66.2 Å². The molecule has 1 N–H and O–H groups in total. The summed E-state index contributed by atoms with van der Waals surface area (Å²) in [7, 11) is 0. The van der Waals surface area contributed by atoms with Crippen LogP contribution in [0.2, 0.25) is 5.02 Å². The zero-order valence-corrected chi connectivity index (χ0v) is 18.2. The number of hydrogen-bond donors (Lipinski definition) is 1. The lowest BCUT2D eigenvalue weighted by atomic mass is 10.1. The number of nitrogens with zero attached hydrogens (tertiary/aromatic N) is 2. The summed E-state index contributed by atoms with van der Waals surface area (Å²) in [6, 6.07) is 15.8. The zero-order valence-electron chi connectivity index (χ0n) is 16.6. The van der Waals surface area contributed by atoms with Gasteiger partial charge in [-0.25, -0.2) is 4.98 Å². The van der Waals surface area contributed by atoms with Crippen molar-refractivity contribution in [1.82, 2.24) is 9.88 Å². The Morgan fingerprint density at radius 1 is 1.13 bits per heavy atom. The molecule has 0 spiro atoms. The summed E-state index contributed by atoms with van der Waals surface area (Å²) >= 11 is 7.62. The molecule has 0 saturated carbocycles. The number of anilines is 1. The van der Waals surface area contributed by atoms with Crippen LogP contribution in [0, 0.1) is 0 Å². The van der Waals surface area contributed by atoms with Crippen LogP contribution in [-0.2, 0) is 28.9 Å². The number of amides is 1. The first kappa shape index (κ1) is 21.0. The Morgan fingerprint density at radius 3 is 2.77 bits per heavy atom. The molecule has 3 aromatic rings. The molecule has 1 fully saturated rings. The van der Waals surface area contributed by atoms with Gasteiger partial charge in [0.1, 0.15) is 0 Å². The molecular weight excluding hydrogens is 418 g/mol. The van der Waals surface area contributed by atoms with E-state index in [9.17, 15) is 4.79 Å². The van der Waals surface area contributed by atoms with Crippen molar-refractivity contribution in [2.45, 2.75) is 19.4 Å². The third-order valence-electron chi connectivity index (χ3n) is 4.91. The Hall–Kier alpha value is -2.25. The van der Waals surface area contributed by atoms with Gasteiger partial charge in [0, 0.05) is 42.1 Å². The first-order valence-corrected chi connectivity index (χ1v) is 11.3. The number of benzene rings is 2. The van der Waals surface area contributed by atoms with E-state index in [0.29, 0.717) is 0 Å². The highest BCUT2D eigenvalue weighted by Gasteiger charge is 2.12. The van der Waals surface area contributed by atoms with Gasteiger partial charge in [0.25, 0.3) is 0 Å². The number of hydrogen-bond acceptors (Lipinski definition) is 5. The summed E-state index contributed by atoms with van der Waals surface area (Å²) in [5.41, 5.74) is 3.91. The summed E-state index contributed by atoms with van der Waals surface area (Å²) in [6.07, 6.45) is 0.982. The molecular formula is C23H24ClN3O2S. The maximum Gasteiger partial charge on any atom is 0.230 e. The summed E-state index contributed by atoms with van der Waals surface area (Å²) in [6.45, 7) is 4.31. The van der Waals surface area contributed by atoms with Crippen molar-refractivity contribution in [3.8, 4) is 0 Å². The van der Waals surface area contributed by atoms with Crippen LogP contribution in [0.5, 0.6) is 0 Å². The van der Waals surface area contributed by atoms with Crippen molar-refractivity contribution in [3.63, 3.8) is 0 Å². The number of morpholine rings is 1. The van der Waals surface area contributed by atoms with Crippen LogP contribution in [-0.4, -0.2) is 42.1 Å². The highest BCUT2D eigenvalue weighted by Crippen LogP contribution is 2.19. The summed E-state index contributed by atoms with van der Waals surface area (Å²) in [5, 5.41) is 6.65. The molecule has 0 radical (unpaired) electrons. The molecule has 156 valence electrons. The monoisotopic (exact) mass is 441 g/mol. The number of carbonyl (C=O) groups is 1. The van der Waals surface area contributed by atoms with Crippen molar-refractivity contribution in [2.75, 3.05) is 31.6 Å². The quantitative estimate of drug-likeness (QED) is 0.590. The molecule has 1 amide bonds. The van der Waals surface area contributed by atoms with Gasteiger partial charge in [0.2, 0.25) is 5.91 Å². The van der Waals surface area contributed by atoms with Crippen molar-refractivity contribution < 1.29 is 9.53 Å². The predicted molar refractivity (Wildman–Crippen MR) is 121 cm³/mol. The second-order valence-corrected chi connectivity index (χ2v) is 8.73. The number of halogens is 1. The molecule has 1 aliphatic rings. The average Bonchev–Trinajstić information content (AvgIpc) is 3.15. The molecule has 0 aliphatic carbocycles. The van der Waals surface area contributed by atoms with E-state index >= 15 is 0 Å². The maximum atomic E-state index is 12.5. The summed E-state index contributed by atoms with van der Waals surface area (Å²) in [5.74, 6) is -0.0573. The van der Waals surface area contributed by atoms with Gasteiger partial charge < -0.3 is 10.1 Å². The summed E-state index contributed by atoms with van der Waals surface area (Å²) < 4.78 is 5.40. The van der Waals surface area contributed by atoms with E-state index in [1.165, 1.54) is 5.56 Å². The number of aromatic nitrogens is 1. The molecule has 5 nitrogen and oxygen atoms in total. The number of rotatable bonds is 7. The minimum absolute atomic E-state index is 0.0573. The number of carbonyl (C=O) groups excluding carboxylic acids is 1. The van der Waals surface area contributed by atoms with Crippen LogP contribution in [0.1, 0.15) is 21.8 Å². The second kappa shape index (κ2) is 10.2. The van der Waals surface area contributed by atoms with Crippen LogP contribution in [0.4, 0.5) is 5.69 Å². The third-order valence-corrected chi connectivity index (χ3v) is 6.04. The minimum atomic E-state index is -0.0573. The van der Waals surface area contributed by atoms with Crippen molar-refractivity contribution in [1.29, 1.82) is 0 Å². The second-order valence-electron chi connectivity index (χ2n) is 7.35.